The highest BCUT2D eigenvalue weighted by atomic mass is 19.1. The number of nitrogens with zero attached hydrogens (tertiary/aromatic N) is 3. The summed E-state index contributed by atoms with van der Waals surface area (Å²) in [6.45, 7) is -0.820. The molecule has 1 aromatic heterocycles. The zero-order valence-corrected chi connectivity index (χ0v) is 33.5. The number of hydrogen-bond donors (Lipinski definition) is 12. The number of hydrogen-bond acceptors (Lipinski definition) is 12. The van der Waals surface area contributed by atoms with Crippen molar-refractivity contribution in [1.29, 1.82) is 0 Å². The Morgan fingerprint density at radius 2 is 1.03 bits per heavy atom. The van der Waals surface area contributed by atoms with Gasteiger partial charge >= 0.3 is 41.9 Å². The molecule has 0 radical (unpaired) electrons. The van der Waals surface area contributed by atoms with E-state index < -0.39 is 97.4 Å². The number of unbranched alkanes of at least 4 members (excludes halogenated alkanes) is 2. The maximum atomic E-state index is 13.3. The van der Waals surface area contributed by atoms with Crippen LogP contribution in [0.1, 0.15) is 97.0 Å². The van der Waals surface area contributed by atoms with E-state index in [1.165, 1.54) is 29.1 Å². The number of carbonyl (C=O) groups is 9. The number of aryl methyl sites for hydroxylation is 1. The van der Waals surface area contributed by atoms with Crippen molar-refractivity contribution >= 4 is 53.7 Å². The van der Waals surface area contributed by atoms with Gasteiger partial charge in [-0.05, 0) is 88.8 Å². The van der Waals surface area contributed by atoms with Crippen molar-refractivity contribution in [2.45, 2.75) is 101 Å². The molecule has 4 atom stereocenters. The summed E-state index contributed by atoms with van der Waals surface area (Å²) in [7, 11) is 0. The Morgan fingerprint density at radius 1 is 0.597 bits per heavy atom. The second-order valence-corrected chi connectivity index (χ2v) is 13.8. The van der Waals surface area contributed by atoms with Crippen molar-refractivity contribution in [2.75, 3.05) is 26.4 Å². The molecule has 0 fully saturated rings. The smallest absolute Gasteiger partial charge is 0.326 e. The molecular weight excluding hydrogens is 829 g/mol. The summed E-state index contributed by atoms with van der Waals surface area (Å²) in [5, 5.41) is 77.2. The van der Waals surface area contributed by atoms with Crippen LogP contribution in [0.15, 0.2) is 24.4 Å². The maximum absolute atomic E-state index is 13.3. The van der Waals surface area contributed by atoms with E-state index in [1.54, 1.807) is 0 Å². The Labute approximate surface area is 353 Å². The van der Waals surface area contributed by atoms with Gasteiger partial charge < -0.3 is 62.5 Å². The minimum Gasteiger partial charge on any atom is -0.481 e. The lowest BCUT2D eigenvalue weighted by molar-refractivity contribution is -0.141. The molecule has 25 heteroatoms. The molecule has 0 bridgehead atoms. The van der Waals surface area contributed by atoms with Crippen molar-refractivity contribution in [1.82, 2.24) is 46.9 Å². The standard InChI is InChI=1S/C37H52FN9O15/c38-13-5-7-23-20-47(46-45-23)24-18-21(30(51)39-14-3-1-8-25(32(53)54)41-36(61)43-27(34(57)58)10-6-16-48)17-22(19-24)31(52)40-15-4-2-9-26(33(55)56)42-37(62)44-28(35(59)60)11-12-29(49)50/h17-20,25-28,48H,1-16H2,(H,39,51)(H,40,52)(H,49,50)(H,53,54)(H,55,56)(H,57,58)(H,59,60)(H2,41,43,61)(H2,42,44,62). The number of carbonyl (C=O) groups excluding carboxylic acids is 4. The van der Waals surface area contributed by atoms with E-state index >= 15 is 0 Å². The van der Waals surface area contributed by atoms with Crippen molar-refractivity contribution in [3.63, 3.8) is 0 Å². The molecule has 342 valence electrons. The van der Waals surface area contributed by atoms with Crippen LogP contribution in [-0.4, -0.2) is 150 Å². The van der Waals surface area contributed by atoms with Gasteiger partial charge in [0.05, 0.1) is 24.3 Å². The van der Waals surface area contributed by atoms with Crippen LogP contribution in [0.3, 0.4) is 0 Å². The van der Waals surface area contributed by atoms with E-state index in [9.17, 15) is 68.0 Å². The van der Waals surface area contributed by atoms with Crippen LogP contribution < -0.4 is 31.9 Å². The van der Waals surface area contributed by atoms with E-state index in [0.717, 1.165) is 0 Å². The van der Waals surface area contributed by atoms with E-state index in [1.807, 2.05) is 5.32 Å². The average Bonchev–Trinajstić information content (AvgIpc) is 3.70. The number of aliphatic hydroxyl groups excluding tert-OH is 1. The van der Waals surface area contributed by atoms with Crippen LogP contribution in [-0.2, 0) is 30.4 Å². The summed E-state index contributed by atoms with van der Waals surface area (Å²) in [4.78, 5) is 108. The zero-order valence-electron chi connectivity index (χ0n) is 33.5. The molecular formula is C37H52FN9O15. The summed E-state index contributed by atoms with van der Waals surface area (Å²) in [6, 6.07) is -3.75. The molecule has 0 aliphatic carbocycles. The molecule has 2 aromatic rings. The van der Waals surface area contributed by atoms with Gasteiger partial charge in [0, 0.05) is 37.2 Å². The number of rotatable bonds is 30. The van der Waals surface area contributed by atoms with Crippen molar-refractivity contribution in [3.05, 3.63) is 41.2 Å². The fourth-order valence-corrected chi connectivity index (χ4v) is 5.66. The number of benzene rings is 1. The van der Waals surface area contributed by atoms with Crippen LogP contribution in [0.4, 0.5) is 14.0 Å². The minimum atomic E-state index is -1.57. The number of aliphatic hydroxyl groups is 1. The summed E-state index contributed by atoms with van der Waals surface area (Å²) in [5.41, 5.74) is 0.733. The predicted octanol–water partition coefficient (Wildman–Crippen LogP) is 0.0181. The van der Waals surface area contributed by atoms with Gasteiger partial charge in [0.15, 0.2) is 0 Å². The third kappa shape index (κ3) is 19.0. The number of aliphatic carboxylic acids is 5. The average molecular weight is 882 g/mol. The minimum absolute atomic E-state index is 0.0150. The van der Waals surface area contributed by atoms with E-state index in [4.69, 9.17) is 10.2 Å². The van der Waals surface area contributed by atoms with Crippen LogP contribution >= 0.6 is 0 Å². The number of alkyl halides is 1. The van der Waals surface area contributed by atoms with Crippen LogP contribution in [0.5, 0.6) is 0 Å². The number of carboxylic acid groups (broad SMARTS) is 5. The number of nitrogens with one attached hydrogen (secondary N) is 6. The van der Waals surface area contributed by atoms with Gasteiger partial charge in [-0.25, -0.2) is 33.4 Å². The van der Waals surface area contributed by atoms with Gasteiger partial charge in [-0.2, -0.15) is 0 Å². The van der Waals surface area contributed by atoms with Crippen molar-refractivity contribution in [3.8, 4) is 5.69 Å². The zero-order chi connectivity index (χ0) is 46.2. The highest BCUT2D eigenvalue weighted by molar-refractivity contribution is 6.00. The molecule has 4 unspecified atom stereocenters. The van der Waals surface area contributed by atoms with Gasteiger partial charge in [-0.1, -0.05) is 5.21 Å². The molecule has 1 heterocycles. The Morgan fingerprint density at radius 3 is 1.44 bits per heavy atom. The summed E-state index contributed by atoms with van der Waals surface area (Å²) < 4.78 is 14.1. The lowest BCUT2D eigenvalue weighted by atomic mass is 10.1. The first-order valence-corrected chi connectivity index (χ1v) is 19.5. The normalized spacial score (nSPS) is 12.7. The van der Waals surface area contributed by atoms with Gasteiger partial charge in [0.25, 0.3) is 11.8 Å². The third-order valence-electron chi connectivity index (χ3n) is 8.94. The molecule has 6 amide bonds. The van der Waals surface area contributed by atoms with Crippen molar-refractivity contribution < 1.29 is 78.2 Å². The van der Waals surface area contributed by atoms with Crippen LogP contribution in [0.25, 0.3) is 5.69 Å². The van der Waals surface area contributed by atoms with Gasteiger partial charge in [-0.3, -0.25) is 18.8 Å². The topological polar surface area (TPSA) is 378 Å². The summed E-state index contributed by atoms with van der Waals surface area (Å²) in [5.74, 6) is -8.20. The molecule has 0 saturated heterocycles. The lowest BCUT2D eigenvalue weighted by Crippen LogP contribution is -2.51. The Kier molecular flexibility index (Phi) is 22.3. The van der Waals surface area contributed by atoms with Gasteiger partial charge in [0.1, 0.15) is 24.2 Å². The van der Waals surface area contributed by atoms with Crippen LogP contribution in [0.2, 0.25) is 0 Å². The van der Waals surface area contributed by atoms with Crippen LogP contribution in [0, 0.1) is 0 Å². The van der Waals surface area contributed by atoms with E-state index in [0.29, 0.717) is 5.69 Å². The molecule has 1 aromatic carbocycles. The number of halogens is 1. The first-order chi connectivity index (χ1) is 29.4. The number of aromatic nitrogens is 3. The van der Waals surface area contributed by atoms with Gasteiger partial charge in [0.2, 0.25) is 0 Å². The number of urea groups is 2. The molecule has 2 rings (SSSR count). The maximum Gasteiger partial charge on any atom is 0.326 e. The largest absolute Gasteiger partial charge is 0.481 e. The number of carboxylic acids is 5. The molecule has 0 aliphatic rings. The summed E-state index contributed by atoms with van der Waals surface area (Å²) in [6.07, 6.45) is 1.66. The molecule has 24 nitrogen and oxygen atoms in total. The fraction of sp³-hybridized carbons (Fsp3) is 0.541. The first-order valence-electron chi connectivity index (χ1n) is 19.5. The second-order valence-electron chi connectivity index (χ2n) is 13.8. The van der Waals surface area contributed by atoms with Crippen molar-refractivity contribution in [2.24, 2.45) is 0 Å². The SMILES string of the molecule is O=C(O)CCC(NC(=O)NC(CCCCNC(=O)c1cc(C(=O)NCCCCC(NC(=O)NC(CCCO)C(=O)O)C(=O)O)cc(-n2cc(CCCF)nn2)c1)C(=O)O)C(=O)O. The van der Waals surface area contributed by atoms with E-state index in [2.05, 4.69) is 36.9 Å². The molecule has 0 spiro atoms. The highest BCUT2D eigenvalue weighted by Crippen LogP contribution is 2.16. The van der Waals surface area contributed by atoms with Gasteiger partial charge in [-0.15, -0.1) is 5.10 Å². The molecule has 62 heavy (non-hydrogen) atoms. The number of amides is 6. The monoisotopic (exact) mass is 881 g/mol. The molecule has 0 saturated carbocycles. The quantitative estimate of drug-likeness (QED) is 0.0460. The molecule has 0 aliphatic heterocycles. The predicted molar refractivity (Wildman–Crippen MR) is 210 cm³/mol. The Hall–Kier alpha value is -6.92. The first kappa shape index (κ1) is 51.2. The second kappa shape index (κ2) is 27.0. The Balaban J connectivity index is 2.04. The fourth-order valence-electron chi connectivity index (χ4n) is 5.66. The third-order valence-corrected chi connectivity index (χ3v) is 8.94. The van der Waals surface area contributed by atoms with E-state index in [-0.39, 0.29) is 101 Å². The highest BCUT2D eigenvalue weighted by Gasteiger charge is 2.26. The molecule has 12 N–H and O–H groups in total. The Bertz CT molecular complexity index is 1880. The summed E-state index contributed by atoms with van der Waals surface area (Å²) >= 11 is 0. The lowest BCUT2D eigenvalue weighted by Gasteiger charge is -2.18.